The summed E-state index contributed by atoms with van der Waals surface area (Å²) in [6, 6.07) is 23.9. The van der Waals surface area contributed by atoms with Gasteiger partial charge in [0.05, 0.1) is 0 Å². The normalized spacial score (nSPS) is 14.4. The average molecular weight is 551 g/mol. The minimum absolute atomic E-state index is 0.136. The molecule has 41 heavy (non-hydrogen) atoms. The SMILES string of the molecule is CC(C)c1cccc(C(C)C)c1N1CC[N+](c2c(C(C)C)cccc2C(C)C)=C1/C([O-])=C/CCCc1ccccc1. The molecular formula is C38H50N2O. The van der Waals surface area contributed by atoms with Crippen LogP contribution in [-0.4, -0.2) is 23.5 Å². The molecule has 3 aromatic rings. The van der Waals surface area contributed by atoms with E-state index in [2.05, 4.69) is 132 Å². The summed E-state index contributed by atoms with van der Waals surface area (Å²) in [4.78, 5) is 2.36. The summed E-state index contributed by atoms with van der Waals surface area (Å²) in [5.74, 6) is 2.39. The summed E-state index contributed by atoms with van der Waals surface area (Å²) in [5, 5.41) is 14.4. The predicted molar refractivity (Wildman–Crippen MR) is 174 cm³/mol. The van der Waals surface area contributed by atoms with Crippen molar-refractivity contribution in [1.82, 2.24) is 0 Å². The Morgan fingerprint density at radius 3 is 1.76 bits per heavy atom. The van der Waals surface area contributed by atoms with Crippen LogP contribution in [0.1, 0.15) is 120 Å². The third-order valence-electron chi connectivity index (χ3n) is 8.35. The maximum Gasteiger partial charge on any atom is 0.274 e. The van der Waals surface area contributed by atoms with E-state index in [0.717, 1.165) is 38.2 Å². The summed E-state index contributed by atoms with van der Waals surface area (Å²) in [6.45, 7) is 19.7. The van der Waals surface area contributed by atoms with E-state index in [-0.39, 0.29) is 5.76 Å². The number of aryl methyl sites for hydroxylation is 1. The van der Waals surface area contributed by atoms with Gasteiger partial charge in [0.1, 0.15) is 24.5 Å². The molecule has 0 amide bonds. The highest BCUT2D eigenvalue weighted by Gasteiger charge is 2.38. The van der Waals surface area contributed by atoms with E-state index in [1.165, 1.54) is 39.2 Å². The molecule has 0 aromatic heterocycles. The first kappa shape index (κ1) is 30.6. The first-order valence-electron chi connectivity index (χ1n) is 15.7. The predicted octanol–water partition coefficient (Wildman–Crippen LogP) is 9.01. The molecular weight excluding hydrogens is 500 g/mol. The molecule has 0 fully saturated rings. The van der Waals surface area contributed by atoms with Gasteiger partial charge in [-0.05, 0) is 54.3 Å². The monoisotopic (exact) mass is 550 g/mol. The van der Waals surface area contributed by atoms with Gasteiger partial charge in [-0.3, -0.25) is 0 Å². The molecule has 0 atom stereocenters. The van der Waals surface area contributed by atoms with Crippen LogP contribution in [0.4, 0.5) is 11.4 Å². The van der Waals surface area contributed by atoms with Crippen molar-refractivity contribution >= 4 is 17.2 Å². The molecule has 3 nitrogen and oxygen atoms in total. The highest BCUT2D eigenvalue weighted by molar-refractivity contribution is 6.07. The van der Waals surface area contributed by atoms with Gasteiger partial charge in [0.2, 0.25) is 0 Å². The van der Waals surface area contributed by atoms with Crippen molar-refractivity contribution in [1.29, 1.82) is 0 Å². The lowest BCUT2D eigenvalue weighted by Gasteiger charge is -2.26. The van der Waals surface area contributed by atoms with E-state index in [9.17, 15) is 5.11 Å². The third-order valence-corrected chi connectivity index (χ3v) is 8.35. The zero-order chi connectivity index (χ0) is 29.7. The molecule has 0 saturated heterocycles. The lowest BCUT2D eigenvalue weighted by molar-refractivity contribution is -0.436. The second-order valence-electron chi connectivity index (χ2n) is 12.8. The first-order chi connectivity index (χ1) is 19.6. The second kappa shape index (κ2) is 13.6. The quantitative estimate of drug-likeness (QED) is 0.135. The zero-order valence-corrected chi connectivity index (χ0v) is 26.6. The van der Waals surface area contributed by atoms with Gasteiger partial charge in [-0.1, -0.05) is 128 Å². The van der Waals surface area contributed by atoms with Crippen LogP contribution in [0.3, 0.4) is 0 Å². The maximum absolute atomic E-state index is 14.4. The Labute approximate surface area is 249 Å². The number of hydrogen-bond donors (Lipinski definition) is 0. The maximum atomic E-state index is 14.4. The molecule has 4 rings (SSSR count). The molecule has 0 saturated carbocycles. The van der Waals surface area contributed by atoms with E-state index >= 15 is 0 Å². The number of benzene rings is 3. The van der Waals surface area contributed by atoms with Crippen LogP contribution in [-0.2, 0) is 6.42 Å². The summed E-state index contributed by atoms with van der Waals surface area (Å²) in [6.07, 6.45) is 4.66. The Hall–Kier alpha value is -3.33. The molecule has 0 spiro atoms. The topological polar surface area (TPSA) is 29.3 Å². The Morgan fingerprint density at radius 2 is 1.24 bits per heavy atom. The number of allylic oxidation sites excluding steroid dienone is 1. The van der Waals surface area contributed by atoms with Crippen molar-refractivity contribution in [3.05, 3.63) is 106 Å². The Morgan fingerprint density at radius 1 is 0.732 bits per heavy atom. The lowest BCUT2D eigenvalue weighted by atomic mass is 9.91. The van der Waals surface area contributed by atoms with Crippen LogP contribution in [0.15, 0.2) is 78.6 Å². The number of rotatable bonds is 11. The van der Waals surface area contributed by atoms with Crippen molar-refractivity contribution in [2.45, 2.75) is 98.3 Å². The van der Waals surface area contributed by atoms with Gasteiger partial charge in [-0.2, -0.15) is 0 Å². The number of para-hydroxylation sites is 2. The van der Waals surface area contributed by atoms with Crippen LogP contribution in [0.2, 0.25) is 0 Å². The molecule has 0 N–H and O–H groups in total. The number of nitrogens with zero attached hydrogens (tertiary/aromatic N) is 2. The first-order valence-corrected chi connectivity index (χ1v) is 15.7. The zero-order valence-electron chi connectivity index (χ0n) is 26.6. The highest BCUT2D eigenvalue weighted by atomic mass is 16.3. The average Bonchev–Trinajstić information content (AvgIpc) is 3.39. The molecule has 218 valence electrons. The van der Waals surface area contributed by atoms with Gasteiger partial charge < -0.3 is 5.11 Å². The summed E-state index contributed by atoms with van der Waals surface area (Å²) >= 11 is 0. The molecule has 3 heteroatoms. The fraction of sp³-hybridized carbons (Fsp3) is 0.447. The van der Waals surface area contributed by atoms with Crippen molar-refractivity contribution in [2.24, 2.45) is 0 Å². The molecule has 3 aromatic carbocycles. The second-order valence-corrected chi connectivity index (χ2v) is 12.8. The Kier molecular flexibility index (Phi) is 10.1. The van der Waals surface area contributed by atoms with E-state index in [1.54, 1.807) is 0 Å². The van der Waals surface area contributed by atoms with Gasteiger partial charge in [0, 0.05) is 22.3 Å². The molecule has 1 heterocycles. The van der Waals surface area contributed by atoms with Crippen molar-refractivity contribution in [2.75, 3.05) is 18.0 Å². The minimum Gasteiger partial charge on any atom is -0.867 e. The number of unbranched alkanes of at least 4 members (excludes halogenated alkanes) is 1. The summed E-state index contributed by atoms with van der Waals surface area (Å²) < 4.78 is 2.36. The molecule has 0 aliphatic carbocycles. The van der Waals surface area contributed by atoms with E-state index in [1.807, 2.05) is 6.08 Å². The Balaban J connectivity index is 1.89. The van der Waals surface area contributed by atoms with Gasteiger partial charge in [-0.25, -0.2) is 9.48 Å². The standard InChI is InChI=1S/C38H50N2O/c1-26(2)31-19-14-20-32(27(3)4)36(31)39-24-25-40(37-33(28(5)6)21-15-22-34(37)29(7)8)38(39)35(41)23-13-12-18-30-16-10-9-11-17-30/h9-11,14-17,19-23,26-29H,12-13,18,24-25H2,1-8H3/b35-23-. The number of amidine groups is 1. The number of hydrogen-bond acceptors (Lipinski definition) is 2. The van der Waals surface area contributed by atoms with Crippen LogP contribution in [0.25, 0.3) is 0 Å². The minimum atomic E-state index is 0.136. The third kappa shape index (κ3) is 6.77. The van der Waals surface area contributed by atoms with Gasteiger partial charge in [-0.15, -0.1) is 0 Å². The fourth-order valence-electron chi connectivity index (χ4n) is 6.18. The van der Waals surface area contributed by atoms with Gasteiger partial charge in [0.25, 0.3) is 5.84 Å². The summed E-state index contributed by atoms with van der Waals surface area (Å²) in [5.41, 5.74) is 9.04. The fourth-order valence-corrected chi connectivity index (χ4v) is 6.18. The van der Waals surface area contributed by atoms with E-state index in [4.69, 9.17) is 0 Å². The smallest absolute Gasteiger partial charge is 0.274 e. The molecule has 1 aliphatic rings. The largest absolute Gasteiger partial charge is 0.867 e. The molecule has 1 aliphatic heterocycles. The molecule has 0 radical (unpaired) electrons. The Bertz CT molecular complexity index is 1330. The van der Waals surface area contributed by atoms with Crippen molar-refractivity contribution in [3.8, 4) is 0 Å². The van der Waals surface area contributed by atoms with Gasteiger partial charge >= 0.3 is 0 Å². The molecule has 0 bridgehead atoms. The van der Waals surface area contributed by atoms with Crippen LogP contribution < -0.4 is 10.0 Å². The van der Waals surface area contributed by atoms with E-state index < -0.39 is 0 Å². The van der Waals surface area contributed by atoms with Crippen molar-refractivity contribution < 1.29 is 9.68 Å². The molecule has 0 unspecified atom stereocenters. The number of anilines is 1. The highest BCUT2D eigenvalue weighted by Crippen LogP contribution is 2.40. The summed E-state index contributed by atoms with van der Waals surface area (Å²) in [7, 11) is 0. The van der Waals surface area contributed by atoms with E-state index in [0.29, 0.717) is 23.7 Å². The van der Waals surface area contributed by atoms with Gasteiger partial charge in [0.15, 0.2) is 0 Å². The lowest BCUT2D eigenvalue weighted by Crippen LogP contribution is -2.36. The van der Waals surface area contributed by atoms with Crippen LogP contribution >= 0.6 is 0 Å². The van der Waals surface area contributed by atoms with Crippen molar-refractivity contribution in [3.63, 3.8) is 0 Å². The van der Waals surface area contributed by atoms with Crippen LogP contribution in [0, 0.1) is 0 Å². The van der Waals surface area contributed by atoms with Crippen LogP contribution in [0.5, 0.6) is 0 Å².